The Balaban J connectivity index is 0.00000237. The van der Waals surface area contributed by atoms with Crippen molar-refractivity contribution >= 4 is 23.4 Å². The molecule has 42 heavy (non-hydrogen) atoms. The number of ether oxygens (including phenoxy) is 2. The third-order valence-electron chi connectivity index (χ3n) is 5.85. The van der Waals surface area contributed by atoms with Crippen LogP contribution in [-0.4, -0.2) is 59.9 Å². The van der Waals surface area contributed by atoms with Gasteiger partial charge in [-0.25, -0.2) is 4.98 Å². The fraction of sp³-hybridized carbons (Fsp3) is 0.448. The zero-order valence-corrected chi connectivity index (χ0v) is 24.3. The molecule has 7 rings (SSSR count). The van der Waals surface area contributed by atoms with Gasteiger partial charge in [-0.15, -0.1) is 0 Å². The molecular weight excluding hydrogens is 551 g/mol. The van der Waals surface area contributed by atoms with Crippen LogP contribution >= 0.6 is 0 Å². The van der Waals surface area contributed by atoms with Gasteiger partial charge in [-0.1, -0.05) is 39.8 Å². The number of rotatable bonds is 2. The molecule has 4 aliphatic heterocycles. The van der Waals surface area contributed by atoms with Gasteiger partial charge in [0, 0.05) is 31.9 Å². The smallest absolute Gasteiger partial charge is 0.422 e. The molecule has 2 aromatic heterocycles. The van der Waals surface area contributed by atoms with E-state index in [0.717, 1.165) is 24.3 Å². The quantitative estimate of drug-likeness (QED) is 0.315. The highest BCUT2D eigenvalue weighted by Crippen LogP contribution is 2.23. The van der Waals surface area contributed by atoms with E-state index in [1.807, 2.05) is 38.1 Å². The maximum atomic E-state index is 12.7. The predicted molar refractivity (Wildman–Crippen MR) is 155 cm³/mol. The lowest BCUT2D eigenvalue weighted by atomic mass is 9.93. The van der Waals surface area contributed by atoms with Crippen molar-refractivity contribution in [3.8, 4) is 11.8 Å². The lowest BCUT2D eigenvalue weighted by molar-refractivity contribution is -0.154. The fourth-order valence-electron chi connectivity index (χ4n) is 3.72. The van der Waals surface area contributed by atoms with E-state index in [9.17, 15) is 18.0 Å². The molecule has 0 fully saturated rings. The van der Waals surface area contributed by atoms with Crippen LogP contribution in [0.15, 0.2) is 48.7 Å². The number of alkyl halides is 3. The Labute approximate surface area is 243 Å². The van der Waals surface area contributed by atoms with E-state index in [1.165, 1.54) is 12.3 Å². The largest absolute Gasteiger partial charge is 0.494 e. The maximum absolute atomic E-state index is 12.7. The number of hydrogen-bond acceptors (Lipinski definition) is 9. The predicted octanol–water partition coefficient (Wildman–Crippen LogP) is 5.32. The van der Waals surface area contributed by atoms with E-state index in [1.54, 1.807) is 12.1 Å². The first-order valence-corrected chi connectivity index (χ1v) is 13.8. The van der Waals surface area contributed by atoms with Crippen molar-refractivity contribution in [2.24, 2.45) is 5.41 Å². The third kappa shape index (κ3) is 11.0. The van der Waals surface area contributed by atoms with Crippen molar-refractivity contribution in [2.45, 2.75) is 46.8 Å². The van der Waals surface area contributed by atoms with Crippen molar-refractivity contribution in [3.05, 3.63) is 59.8 Å². The van der Waals surface area contributed by atoms with E-state index >= 15 is 0 Å². The first-order chi connectivity index (χ1) is 20.0. The van der Waals surface area contributed by atoms with Gasteiger partial charge in [-0.3, -0.25) is 4.79 Å². The Kier molecular flexibility index (Phi) is 11.7. The van der Waals surface area contributed by atoms with Gasteiger partial charge in [-0.05, 0) is 48.2 Å². The molecule has 10 nitrogen and oxygen atoms in total. The van der Waals surface area contributed by atoms with Gasteiger partial charge in [-0.2, -0.15) is 23.1 Å². The normalized spacial score (nSPS) is 15.9. The summed E-state index contributed by atoms with van der Waals surface area (Å²) in [5.74, 6) is 1.20. The number of nitrogens with one attached hydrogen (secondary N) is 4. The first kappa shape index (κ1) is 32.4. The second-order valence-electron chi connectivity index (χ2n) is 10.1. The average Bonchev–Trinajstić information content (AvgIpc) is 2.97. The molecular formula is C29H38F3N7O3. The molecule has 228 valence electrons. The molecule has 4 aliphatic rings. The van der Waals surface area contributed by atoms with Crippen molar-refractivity contribution in [1.29, 1.82) is 0 Å². The maximum Gasteiger partial charge on any atom is 0.422 e. The first-order valence-electron chi connectivity index (χ1n) is 13.8. The molecule has 4 N–H and O–H groups in total. The number of anilines is 3. The van der Waals surface area contributed by atoms with E-state index in [2.05, 4.69) is 50.1 Å². The molecule has 0 spiro atoms. The molecule has 0 aliphatic carbocycles. The van der Waals surface area contributed by atoms with Gasteiger partial charge in [0.25, 0.3) is 5.91 Å². The van der Waals surface area contributed by atoms with Crippen LogP contribution in [0.4, 0.5) is 30.6 Å². The molecule has 0 saturated carbocycles. The topological polar surface area (TPSA) is 122 Å². The third-order valence-corrected chi connectivity index (χ3v) is 5.85. The van der Waals surface area contributed by atoms with Crippen LogP contribution in [0.3, 0.4) is 0 Å². The summed E-state index contributed by atoms with van der Waals surface area (Å²) < 4.78 is 48.9. The number of pyridine rings is 1. The highest BCUT2D eigenvalue weighted by Gasteiger charge is 2.29. The average molecular weight is 590 g/mol. The number of carbonyl (C=O) groups excluding carboxylic acids is 1. The molecule has 0 saturated heterocycles. The number of hydrogen-bond donors (Lipinski definition) is 4. The van der Waals surface area contributed by atoms with Gasteiger partial charge >= 0.3 is 12.2 Å². The Hall–Kier alpha value is -4.13. The fourth-order valence-corrected chi connectivity index (χ4v) is 3.72. The Bertz CT molecular complexity index is 1270. The summed E-state index contributed by atoms with van der Waals surface area (Å²) in [6.07, 6.45) is -2.33. The van der Waals surface area contributed by atoms with Crippen LogP contribution in [0, 0.1) is 5.41 Å². The van der Waals surface area contributed by atoms with Crippen LogP contribution in [0.2, 0.25) is 0 Å². The minimum atomic E-state index is -4.55. The van der Waals surface area contributed by atoms with Gasteiger partial charge < -0.3 is 30.7 Å². The molecule has 13 heteroatoms. The van der Waals surface area contributed by atoms with Gasteiger partial charge in [0.1, 0.15) is 23.2 Å². The molecule has 1 amide bonds. The SMILES string of the molecule is CC.CC1(C)CNCCCOc2ccc(cc2)CNc2cc(nc(OCC(F)(F)F)n2)Nc2ccc(cn2)C(=O)NC1. The van der Waals surface area contributed by atoms with Crippen molar-refractivity contribution in [1.82, 2.24) is 25.6 Å². The number of amides is 1. The lowest BCUT2D eigenvalue weighted by Gasteiger charge is -2.25. The van der Waals surface area contributed by atoms with E-state index < -0.39 is 18.8 Å². The summed E-state index contributed by atoms with van der Waals surface area (Å²) in [6, 6.07) is 11.7. The van der Waals surface area contributed by atoms with Gasteiger partial charge in [0.05, 0.1) is 12.2 Å². The molecule has 1 aromatic carbocycles. The van der Waals surface area contributed by atoms with Gasteiger partial charge in [0.2, 0.25) is 0 Å². The number of nitrogens with zero attached hydrogens (tertiary/aromatic N) is 3. The second kappa shape index (κ2) is 15.2. The number of benzene rings is 1. The minimum Gasteiger partial charge on any atom is -0.494 e. The second-order valence-corrected chi connectivity index (χ2v) is 10.1. The summed E-state index contributed by atoms with van der Waals surface area (Å²) in [5.41, 5.74) is 1.10. The van der Waals surface area contributed by atoms with E-state index in [4.69, 9.17) is 9.47 Å². The number of aromatic nitrogens is 3. The summed E-state index contributed by atoms with van der Waals surface area (Å²) in [7, 11) is 0. The number of carbonyl (C=O) groups is 1. The highest BCUT2D eigenvalue weighted by molar-refractivity contribution is 5.94. The van der Waals surface area contributed by atoms with Crippen LogP contribution in [0.5, 0.6) is 11.8 Å². The molecule has 0 radical (unpaired) electrons. The minimum absolute atomic E-state index is 0.159. The lowest BCUT2D eigenvalue weighted by Crippen LogP contribution is -2.40. The summed E-state index contributed by atoms with van der Waals surface area (Å²) >= 11 is 0. The van der Waals surface area contributed by atoms with Crippen LogP contribution < -0.4 is 30.7 Å². The standard InChI is InChI=1S/C27H32F3N7O3.C2H6/c1-26(2)15-31-10-3-11-39-20-7-4-18(5-8-20)13-32-22-12-23(37-25(36-22)40-17-27(28,29)30)35-21-9-6-19(14-33-21)24(38)34-16-26;1-2/h4-9,12,14,31H,3,10-11,13,15-17H2,1-2H3,(H,34,38)(H2,32,33,35,36,37);1-2H3. The zero-order chi connectivity index (χ0) is 30.6. The highest BCUT2D eigenvalue weighted by atomic mass is 19.4. The van der Waals surface area contributed by atoms with Crippen LogP contribution in [0.25, 0.3) is 0 Å². The number of halogens is 3. The van der Waals surface area contributed by atoms with Crippen LogP contribution in [0.1, 0.15) is 50.0 Å². The summed E-state index contributed by atoms with van der Waals surface area (Å²) in [6.45, 7) is 9.42. The van der Waals surface area contributed by atoms with E-state index in [-0.39, 0.29) is 23.0 Å². The molecule has 6 heterocycles. The zero-order valence-electron chi connectivity index (χ0n) is 24.3. The molecule has 3 aromatic rings. The van der Waals surface area contributed by atoms with Gasteiger partial charge in [0.15, 0.2) is 6.61 Å². The Morgan fingerprint density at radius 2 is 1.71 bits per heavy atom. The summed E-state index contributed by atoms with van der Waals surface area (Å²) in [5, 5.41) is 12.4. The van der Waals surface area contributed by atoms with Crippen molar-refractivity contribution in [3.63, 3.8) is 0 Å². The summed E-state index contributed by atoms with van der Waals surface area (Å²) in [4.78, 5) is 25.0. The van der Waals surface area contributed by atoms with Crippen molar-refractivity contribution < 1.29 is 27.4 Å². The van der Waals surface area contributed by atoms with E-state index in [0.29, 0.717) is 37.6 Å². The Morgan fingerprint density at radius 3 is 2.40 bits per heavy atom. The molecule has 0 unspecified atom stereocenters. The van der Waals surface area contributed by atoms with Crippen molar-refractivity contribution in [2.75, 3.05) is 43.5 Å². The molecule has 0 atom stereocenters. The molecule has 6 bridgehead atoms. The monoisotopic (exact) mass is 589 g/mol. The van der Waals surface area contributed by atoms with Crippen LogP contribution in [-0.2, 0) is 6.54 Å². The Morgan fingerprint density at radius 1 is 0.976 bits per heavy atom.